The number of amides is 1. The zero-order chi connectivity index (χ0) is 28.2. The Morgan fingerprint density at radius 2 is 1.42 bits per heavy atom. The summed E-state index contributed by atoms with van der Waals surface area (Å²) >= 11 is 12.5. The lowest BCUT2D eigenvalue weighted by molar-refractivity contribution is -0.110. The molecule has 194 valence electrons. The van der Waals surface area contributed by atoms with E-state index >= 15 is 0 Å². The number of phenolic OH excluding ortho intramolecular Hbond substituents is 1. The van der Waals surface area contributed by atoms with E-state index in [0.717, 1.165) is 5.56 Å². The van der Waals surface area contributed by atoms with E-state index in [1.807, 2.05) is 26.6 Å². The lowest BCUT2D eigenvalue weighted by atomic mass is 9.97. The van der Waals surface area contributed by atoms with Crippen molar-refractivity contribution in [1.29, 1.82) is 0 Å². The molecule has 0 fully saturated rings. The number of aryl methyl sites for hydroxylation is 1. The second-order valence-electron chi connectivity index (χ2n) is 6.98. The van der Waals surface area contributed by atoms with Crippen molar-refractivity contribution in [1.82, 2.24) is 0 Å². The summed E-state index contributed by atoms with van der Waals surface area (Å²) in [5.74, 6) is -1.17. The zero-order valence-electron chi connectivity index (χ0n) is 19.5. The molecule has 0 saturated heterocycles. The number of benzene rings is 3. The van der Waals surface area contributed by atoms with Crippen LogP contribution in [0.25, 0.3) is 11.1 Å². The van der Waals surface area contributed by atoms with Gasteiger partial charge in [-0.25, -0.2) is 4.39 Å². The molecule has 2 N–H and O–H groups in total. The van der Waals surface area contributed by atoms with Gasteiger partial charge >= 0.3 is 6.18 Å². The molecule has 36 heavy (non-hydrogen) atoms. The largest absolute Gasteiger partial charge is 0.506 e. The molecule has 0 heterocycles. The van der Waals surface area contributed by atoms with Crippen molar-refractivity contribution < 1.29 is 37.1 Å². The predicted octanol–water partition coefficient (Wildman–Crippen LogP) is 7.57. The zero-order valence-corrected chi connectivity index (χ0v) is 21.0. The van der Waals surface area contributed by atoms with E-state index in [-0.39, 0.29) is 18.2 Å². The van der Waals surface area contributed by atoms with Gasteiger partial charge in [0.2, 0.25) is 0 Å². The first-order chi connectivity index (χ1) is 16.8. The van der Waals surface area contributed by atoms with E-state index in [4.69, 9.17) is 32.8 Å². The average molecular weight is 548 g/mol. The Balaban J connectivity index is 0.00000119. The first kappa shape index (κ1) is 32.6. The Bertz CT molecular complexity index is 1160. The molecule has 3 rings (SSSR count). The molecule has 5 nitrogen and oxygen atoms in total. The number of nitrogens with one attached hydrogen (secondary N) is 1. The lowest BCUT2D eigenvalue weighted by Gasteiger charge is -2.15. The van der Waals surface area contributed by atoms with Crippen LogP contribution in [0.5, 0.6) is 5.75 Å². The van der Waals surface area contributed by atoms with Crippen LogP contribution in [0.3, 0.4) is 0 Å². The Labute approximate surface area is 215 Å². The standard InChI is InChI=1S/C21H16Cl2FNO2.C2H3F3.2CH2O/c1-11-3-8-18(17(23)9-11)25-21(27)19-12(2)16(22)10-15(20(19)26)13-4-6-14(24)7-5-13;1-2(3,4)5;2*1-2/h3-10,26H,1-2H3,(H,25,27);1H3;2*1H2. The molecule has 0 saturated carbocycles. The predicted molar refractivity (Wildman–Crippen MR) is 133 cm³/mol. The summed E-state index contributed by atoms with van der Waals surface area (Å²) < 4.78 is 44.3. The van der Waals surface area contributed by atoms with Gasteiger partial charge in [0, 0.05) is 17.5 Å². The van der Waals surface area contributed by atoms with Crippen molar-refractivity contribution in [3.63, 3.8) is 0 Å². The number of phenols is 1. The van der Waals surface area contributed by atoms with Gasteiger partial charge in [-0.05, 0) is 60.9 Å². The fourth-order valence-corrected chi connectivity index (χ4v) is 3.25. The van der Waals surface area contributed by atoms with Gasteiger partial charge in [-0.1, -0.05) is 41.4 Å². The molecule has 0 bridgehead atoms. The molecule has 0 aliphatic heterocycles. The quantitative estimate of drug-likeness (QED) is 0.331. The Morgan fingerprint density at radius 1 is 0.917 bits per heavy atom. The molecule has 3 aromatic rings. The van der Waals surface area contributed by atoms with Gasteiger partial charge in [-0.15, -0.1) is 0 Å². The Kier molecular flexibility index (Phi) is 13.4. The number of hydrogen-bond acceptors (Lipinski definition) is 4. The van der Waals surface area contributed by atoms with E-state index in [1.165, 1.54) is 24.3 Å². The topological polar surface area (TPSA) is 83.5 Å². The van der Waals surface area contributed by atoms with Crippen molar-refractivity contribution in [2.75, 3.05) is 5.32 Å². The summed E-state index contributed by atoms with van der Waals surface area (Å²) in [6.07, 6.45) is -4.00. The number of halogens is 6. The molecular formula is C25H23Cl2F4NO4. The van der Waals surface area contributed by atoms with Crippen LogP contribution in [-0.2, 0) is 9.59 Å². The van der Waals surface area contributed by atoms with Gasteiger partial charge in [0.1, 0.15) is 25.1 Å². The molecule has 11 heteroatoms. The molecule has 0 unspecified atom stereocenters. The highest BCUT2D eigenvalue weighted by atomic mass is 35.5. The van der Waals surface area contributed by atoms with Crippen molar-refractivity contribution in [3.05, 3.63) is 81.1 Å². The first-order valence-corrected chi connectivity index (χ1v) is 10.5. The van der Waals surface area contributed by atoms with Gasteiger partial charge in [0.05, 0.1) is 16.3 Å². The minimum absolute atomic E-state index is 0.0402. The van der Waals surface area contributed by atoms with Crippen LogP contribution in [0.15, 0.2) is 48.5 Å². The van der Waals surface area contributed by atoms with Gasteiger partial charge in [0.15, 0.2) is 0 Å². The number of carbonyl (C=O) groups excluding carboxylic acids is 3. The van der Waals surface area contributed by atoms with Crippen molar-refractivity contribution in [3.8, 4) is 16.9 Å². The monoisotopic (exact) mass is 547 g/mol. The maximum Gasteiger partial charge on any atom is 0.386 e. The summed E-state index contributed by atoms with van der Waals surface area (Å²) in [4.78, 5) is 28.8. The third-order valence-electron chi connectivity index (χ3n) is 4.25. The van der Waals surface area contributed by atoms with E-state index < -0.39 is 17.9 Å². The number of rotatable bonds is 3. The van der Waals surface area contributed by atoms with Crippen molar-refractivity contribution in [2.45, 2.75) is 26.9 Å². The molecule has 0 spiro atoms. The second kappa shape index (κ2) is 14.9. The van der Waals surface area contributed by atoms with E-state index in [0.29, 0.717) is 32.4 Å². The SMILES string of the molecule is C=O.C=O.CC(F)(F)F.Cc1ccc(NC(=O)c2c(C)c(Cl)cc(-c3ccc(F)cc3)c2O)c(Cl)c1. The molecule has 0 atom stereocenters. The van der Waals surface area contributed by atoms with Crippen LogP contribution in [0.4, 0.5) is 23.2 Å². The summed E-state index contributed by atoms with van der Waals surface area (Å²) in [6, 6.07) is 12.3. The molecule has 0 aliphatic carbocycles. The maximum atomic E-state index is 13.2. The van der Waals surface area contributed by atoms with Crippen LogP contribution in [0.2, 0.25) is 10.0 Å². The molecular weight excluding hydrogens is 525 g/mol. The molecule has 1 amide bonds. The van der Waals surface area contributed by atoms with Crippen molar-refractivity contribution >= 4 is 48.4 Å². The third kappa shape index (κ3) is 10.1. The normalized spacial score (nSPS) is 9.92. The van der Waals surface area contributed by atoms with E-state index in [1.54, 1.807) is 25.1 Å². The minimum Gasteiger partial charge on any atom is -0.506 e. The molecule has 0 radical (unpaired) electrons. The van der Waals surface area contributed by atoms with Crippen LogP contribution >= 0.6 is 23.2 Å². The van der Waals surface area contributed by atoms with Crippen LogP contribution < -0.4 is 5.32 Å². The lowest BCUT2D eigenvalue weighted by Crippen LogP contribution is -2.14. The number of aromatic hydroxyl groups is 1. The molecule has 0 aliphatic rings. The number of anilines is 1. The van der Waals surface area contributed by atoms with Crippen LogP contribution in [0.1, 0.15) is 28.4 Å². The second-order valence-corrected chi connectivity index (χ2v) is 7.79. The average Bonchev–Trinajstić information content (AvgIpc) is 2.80. The number of alkyl halides is 3. The third-order valence-corrected chi connectivity index (χ3v) is 4.96. The summed E-state index contributed by atoms with van der Waals surface area (Å²) in [6.45, 7) is 7.72. The molecule has 3 aromatic carbocycles. The summed E-state index contributed by atoms with van der Waals surface area (Å²) in [5.41, 5.74) is 2.73. The summed E-state index contributed by atoms with van der Waals surface area (Å²) in [7, 11) is 0. The summed E-state index contributed by atoms with van der Waals surface area (Å²) in [5, 5.41) is 14.1. The Morgan fingerprint density at radius 3 is 1.89 bits per heavy atom. The van der Waals surface area contributed by atoms with Crippen molar-refractivity contribution in [2.24, 2.45) is 0 Å². The molecule has 0 aromatic heterocycles. The Hall–Kier alpha value is -3.43. The first-order valence-electron chi connectivity index (χ1n) is 9.78. The van der Waals surface area contributed by atoms with Gasteiger partial charge in [-0.3, -0.25) is 4.79 Å². The fraction of sp³-hybridized carbons (Fsp3) is 0.160. The van der Waals surface area contributed by atoms with E-state index in [2.05, 4.69) is 5.32 Å². The fourth-order valence-electron chi connectivity index (χ4n) is 2.77. The minimum atomic E-state index is -4.00. The van der Waals surface area contributed by atoms with Crippen LogP contribution in [-0.4, -0.2) is 30.8 Å². The van der Waals surface area contributed by atoms with E-state index in [9.17, 15) is 27.5 Å². The van der Waals surface area contributed by atoms with Gasteiger partial charge < -0.3 is 20.0 Å². The van der Waals surface area contributed by atoms with Gasteiger partial charge in [-0.2, -0.15) is 13.2 Å². The van der Waals surface area contributed by atoms with Gasteiger partial charge in [0.25, 0.3) is 5.91 Å². The highest BCUT2D eigenvalue weighted by Crippen LogP contribution is 2.38. The smallest absolute Gasteiger partial charge is 0.386 e. The highest BCUT2D eigenvalue weighted by Gasteiger charge is 2.22. The highest BCUT2D eigenvalue weighted by molar-refractivity contribution is 6.34. The maximum absolute atomic E-state index is 13.2. The van der Waals surface area contributed by atoms with Crippen LogP contribution in [0, 0.1) is 19.7 Å². The number of carbonyl (C=O) groups is 3. The number of hydrogen-bond donors (Lipinski definition) is 2.